The Kier molecular flexibility index (Phi) is 51.3. The van der Waals surface area contributed by atoms with Crippen LogP contribution in [0.15, 0.2) is 60.8 Å². The van der Waals surface area contributed by atoms with Gasteiger partial charge in [0.25, 0.3) is 0 Å². The Labute approximate surface area is 402 Å². The Hall–Kier alpha value is -2.89. The van der Waals surface area contributed by atoms with E-state index in [1.54, 1.807) is 0 Å². The number of unbranched alkanes of at least 4 members (excludes halogenated alkanes) is 29. The van der Waals surface area contributed by atoms with Crippen LogP contribution in [0.25, 0.3) is 0 Å². The molecule has 0 unspecified atom stereocenters. The van der Waals surface area contributed by atoms with E-state index in [-0.39, 0.29) is 31.1 Å². The fourth-order valence-corrected chi connectivity index (χ4v) is 7.84. The van der Waals surface area contributed by atoms with E-state index in [1.807, 2.05) is 0 Å². The minimum absolute atomic E-state index is 0.0810. The molecule has 0 aliphatic rings. The van der Waals surface area contributed by atoms with Gasteiger partial charge in [0.05, 0.1) is 0 Å². The van der Waals surface area contributed by atoms with Gasteiger partial charge in [0.15, 0.2) is 6.10 Å². The average molecular weight is 909 g/mol. The fraction of sp³-hybridized carbons (Fsp3) is 0.780. The first kappa shape index (κ1) is 62.1. The van der Waals surface area contributed by atoms with Crippen molar-refractivity contribution in [1.82, 2.24) is 0 Å². The Morgan fingerprint density at radius 3 is 0.954 bits per heavy atom. The monoisotopic (exact) mass is 909 g/mol. The van der Waals surface area contributed by atoms with Gasteiger partial charge >= 0.3 is 17.9 Å². The van der Waals surface area contributed by atoms with Crippen molar-refractivity contribution in [3.63, 3.8) is 0 Å². The van der Waals surface area contributed by atoms with Crippen molar-refractivity contribution in [2.75, 3.05) is 13.2 Å². The molecule has 0 aromatic heterocycles. The van der Waals surface area contributed by atoms with Gasteiger partial charge in [-0.05, 0) is 83.5 Å². The zero-order valence-electron chi connectivity index (χ0n) is 43.0. The second-order valence-electron chi connectivity index (χ2n) is 18.5. The number of hydrogen-bond donors (Lipinski definition) is 0. The lowest BCUT2D eigenvalue weighted by Crippen LogP contribution is -2.30. The van der Waals surface area contributed by atoms with Crippen molar-refractivity contribution in [3.8, 4) is 0 Å². The maximum atomic E-state index is 12.8. The summed E-state index contributed by atoms with van der Waals surface area (Å²) in [7, 11) is 0. The Bertz CT molecular complexity index is 1180. The smallest absolute Gasteiger partial charge is 0.306 e. The predicted molar refractivity (Wildman–Crippen MR) is 279 cm³/mol. The summed E-state index contributed by atoms with van der Waals surface area (Å²) in [6.45, 7) is 6.51. The lowest BCUT2D eigenvalue weighted by Gasteiger charge is -2.18. The fourth-order valence-electron chi connectivity index (χ4n) is 7.84. The van der Waals surface area contributed by atoms with Gasteiger partial charge in [0.2, 0.25) is 0 Å². The molecule has 0 aliphatic carbocycles. The van der Waals surface area contributed by atoms with E-state index in [0.29, 0.717) is 19.3 Å². The lowest BCUT2D eigenvalue weighted by molar-refractivity contribution is -0.167. The zero-order chi connectivity index (χ0) is 47.2. The highest BCUT2D eigenvalue weighted by molar-refractivity contribution is 5.71. The summed E-state index contributed by atoms with van der Waals surface area (Å²) < 4.78 is 16.8. The Morgan fingerprint density at radius 2 is 0.600 bits per heavy atom. The summed E-state index contributed by atoms with van der Waals surface area (Å²) in [5.74, 6) is -0.899. The quantitative estimate of drug-likeness (QED) is 0.0262. The van der Waals surface area contributed by atoms with Gasteiger partial charge in [-0.2, -0.15) is 0 Å². The molecule has 0 spiro atoms. The number of esters is 3. The molecule has 6 heteroatoms. The van der Waals surface area contributed by atoms with E-state index in [2.05, 4.69) is 81.5 Å². The third kappa shape index (κ3) is 51.9. The summed E-state index contributed by atoms with van der Waals surface area (Å²) in [6, 6.07) is 0. The maximum Gasteiger partial charge on any atom is 0.306 e. The standard InChI is InChI=1S/C59H104O6/c1-4-7-10-13-16-19-22-24-26-28-29-31-33-35-38-40-43-46-49-52-58(61)64-55-56(65-59(62)53-50-47-44-41-36-21-18-15-12-9-6-3)54-63-57(60)51-48-45-42-39-37-34-32-30-27-25-23-20-17-14-11-8-5-2/h8,11,17,20,24-27,32,34,56H,4-7,9-10,12-16,18-19,21-23,28-31,33,35-55H2,1-3H3/b11-8-,20-17-,26-24-,27-25-,34-32-/t56-/m1/s1. The molecular formula is C59H104O6. The van der Waals surface area contributed by atoms with E-state index < -0.39 is 6.10 Å². The van der Waals surface area contributed by atoms with Crippen molar-refractivity contribution < 1.29 is 28.6 Å². The normalized spacial score (nSPS) is 12.5. The Morgan fingerprint density at radius 1 is 0.323 bits per heavy atom. The van der Waals surface area contributed by atoms with Crippen molar-refractivity contribution in [3.05, 3.63) is 60.8 Å². The number of rotatable bonds is 50. The summed E-state index contributed by atoms with van der Waals surface area (Å²) in [5, 5.41) is 0. The van der Waals surface area contributed by atoms with E-state index >= 15 is 0 Å². The first-order valence-electron chi connectivity index (χ1n) is 27.8. The molecular weight excluding hydrogens is 805 g/mol. The molecule has 0 aromatic carbocycles. The highest BCUT2D eigenvalue weighted by Gasteiger charge is 2.19. The number of ether oxygens (including phenoxy) is 3. The van der Waals surface area contributed by atoms with E-state index in [1.165, 1.54) is 141 Å². The topological polar surface area (TPSA) is 78.9 Å². The van der Waals surface area contributed by atoms with Gasteiger partial charge in [0.1, 0.15) is 13.2 Å². The van der Waals surface area contributed by atoms with Crippen LogP contribution in [0.3, 0.4) is 0 Å². The molecule has 0 heterocycles. The molecule has 6 nitrogen and oxygen atoms in total. The first-order valence-corrected chi connectivity index (χ1v) is 27.8. The number of carbonyl (C=O) groups excluding carboxylic acids is 3. The van der Waals surface area contributed by atoms with Crippen LogP contribution in [-0.4, -0.2) is 37.2 Å². The second-order valence-corrected chi connectivity index (χ2v) is 18.5. The van der Waals surface area contributed by atoms with Crippen LogP contribution in [-0.2, 0) is 28.6 Å². The van der Waals surface area contributed by atoms with Crippen LogP contribution >= 0.6 is 0 Å². The minimum atomic E-state index is -0.782. The highest BCUT2D eigenvalue weighted by atomic mass is 16.6. The van der Waals surface area contributed by atoms with E-state index in [9.17, 15) is 14.4 Å². The molecule has 0 rings (SSSR count). The average Bonchev–Trinajstić information content (AvgIpc) is 3.30. The highest BCUT2D eigenvalue weighted by Crippen LogP contribution is 2.15. The largest absolute Gasteiger partial charge is 0.462 e. The summed E-state index contributed by atoms with van der Waals surface area (Å²) >= 11 is 0. The SMILES string of the molecule is CC/C=C\C/C=C\C/C=C\C/C=C\CCCCCCC(=O)OC[C@H](COC(=O)CCCCCCCCCCC/C=C\CCCCCCCC)OC(=O)CCCCCCCCCCCCC. The van der Waals surface area contributed by atoms with Crippen LogP contribution < -0.4 is 0 Å². The molecule has 0 aliphatic heterocycles. The van der Waals surface area contributed by atoms with Gasteiger partial charge in [-0.1, -0.05) is 236 Å². The van der Waals surface area contributed by atoms with E-state index in [4.69, 9.17) is 14.2 Å². The molecule has 0 amide bonds. The molecule has 0 radical (unpaired) electrons. The Balaban J connectivity index is 4.34. The molecule has 0 saturated carbocycles. The van der Waals surface area contributed by atoms with Crippen LogP contribution in [0, 0.1) is 0 Å². The van der Waals surface area contributed by atoms with E-state index in [0.717, 1.165) is 96.3 Å². The van der Waals surface area contributed by atoms with Crippen molar-refractivity contribution in [2.24, 2.45) is 0 Å². The molecule has 0 N–H and O–H groups in total. The number of carbonyl (C=O) groups is 3. The van der Waals surface area contributed by atoms with Gasteiger partial charge in [-0.25, -0.2) is 0 Å². The zero-order valence-corrected chi connectivity index (χ0v) is 43.0. The molecule has 0 fully saturated rings. The number of allylic oxidation sites excluding steroid dienone is 10. The molecule has 0 saturated heterocycles. The van der Waals surface area contributed by atoms with Crippen LogP contribution in [0.5, 0.6) is 0 Å². The summed E-state index contributed by atoms with van der Waals surface area (Å²) in [6.07, 6.45) is 66.4. The van der Waals surface area contributed by atoms with Crippen molar-refractivity contribution in [1.29, 1.82) is 0 Å². The minimum Gasteiger partial charge on any atom is -0.462 e. The maximum absolute atomic E-state index is 12.8. The second kappa shape index (κ2) is 53.7. The van der Waals surface area contributed by atoms with Gasteiger partial charge in [-0.3, -0.25) is 14.4 Å². The third-order valence-corrected chi connectivity index (χ3v) is 12.0. The molecule has 0 aromatic rings. The van der Waals surface area contributed by atoms with Gasteiger partial charge < -0.3 is 14.2 Å². The van der Waals surface area contributed by atoms with Gasteiger partial charge in [0, 0.05) is 19.3 Å². The molecule has 0 bridgehead atoms. The third-order valence-electron chi connectivity index (χ3n) is 12.0. The predicted octanol–water partition coefficient (Wildman–Crippen LogP) is 18.4. The summed E-state index contributed by atoms with van der Waals surface area (Å²) in [4.78, 5) is 38.0. The summed E-state index contributed by atoms with van der Waals surface area (Å²) in [5.41, 5.74) is 0. The first-order chi connectivity index (χ1) is 32.0. The van der Waals surface area contributed by atoms with Gasteiger partial charge in [-0.15, -0.1) is 0 Å². The molecule has 376 valence electrons. The number of hydrogen-bond acceptors (Lipinski definition) is 6. The molecule has 1 atom stereocenters. The van der Waals surface area contributed by atoms with Crippen molar-refractivity contribution in [2.45, 2.75) is 284 Å². The molecule has 65 heavy (non-hydrogen) atoms. The van der Waals surface area contributed by atoms with Crippen LogP contribution in [0.1, 0.15) is 278 Å². The van der Waals surface area contributed by atoms with Crippen LogP contribution in [0.2, 0.25) is 0 Å². The van der Waals surface area contributed by atoms with Crippen molar-refractivity contribution >= 4 is 17.9 Å². The van der Waals surface area contributed by atoms with Crippen LogP contribution in [0.4, 0.5) is 0 Å². The lowest BCUT2D eigenvalue weighted by atomic mass is 10.1.